The number of likely N-dealkylation sites (N-methyl/N-ethyl adjacent to an activating group) is 1. The maximum atomic E-state index is 12.7. The molecule has 30 heavy (non-hydrogen) atoms. The average molecular weight is 427 g/mol. The second-order valence-corrected chi connectivity index (χ2v) is 7.72. The van der Waals surface area contributed by atoms with E-state index in [0.29, 0.717) is 23.6 Å². The topological polar surface area (TPSA) is 67.2 Å². The van der Waals surface area contributed by atoms with Gasteiger partial charge in [-0.05, 0) is 36.8 Å². The van der Waals surface area contributed by atoms with E-state index in [0.717, 1.165) is 36.2 Å². The Morgan fingerprint density at radius 1 is 1.17 bits per heavy atom. The van der Waals surface area contributed by atoms with Crippen LogP contribution in [-0.2, 0) is 17.8 Å². The molecule has 0 unspecified atom stereocenters. The molecule has 2 aromatic carbocycles. The van der Waals surface area contributed by atoms with Gasteiger partial charge >= 0.3 is 0 Å². The van der Waals surface area contributed by atoms with Gasteiger partial charge in [-0.15, -0.1) is 0 Å². The minimum absolute atomic E-state index is 0.0517. The number of amides is 2. The molecule has 0 saturated heterocycles. The van der Waals surface area contributed by atoms with Gasteiger partial charge in [0.2, 0.25) is 5.91 Å². The highest BCUT2D eigenvalue weighted by molar-refractivity contribution is 6.30. The zero-order valence-electron chi connectivity index (χ0n) is 17.4. The summed E-state index contributed by atoms with van der Waals surface area (Å²) in [5.41, 5.74) is 2.28. The molecular weight excluding hydrogens is 400 g/mol. The Kier molecular flexibility index (Phi) is 7.46. The molecule has 0 radical (unpaired) electrons. The summed E-state index contributed by atoms with van der Waals surface area (Å²) in [6.07, 6.45) is 2.55. The van der Waals surface area contributed by atoms with Crippen LogP contribution in [0.1, 0.15) is 35.9 Å². The van der Waals surface area contributed by atoms with Crippen molar-refractivity contribution in [2.75, 3.05) is 20.1 Å². The molecular formula is C23H27ClN4O2. The fourth-order valence-electron chi connectivity index (χ4n) is 3.29. The van der Waals surface area contributed by atoms with Crippen LogP contribution in [0.2, 0.25) is 5.02 Å². The van der Waals surface area contributed by atoms with Crippen LogP contribution in [0.4, 0.5) is 0 Å². The summed E-state index contributed by atoms with van der Waals surface area (Å²) >= 11 is 5.96. The predicted molar refractivity (Wildman–Crippen MR) is 120 cm³/mol. The van der Waals surface area contributed by atoms with Gasteiger partial charge in [-0.2, -0.15) is 0 Å². The number of aromatic nitrogens is 2. The number of carbonyl (C=O) groups excluding carboxylic acids is 2. The van der Waals surface area contributed by atoms with E-state index in [4.69, 9.17) is 16.6 Å². The molecule has 0 aliphatic rings. The first-order valence-electron chi connectivity index (χ1n) is 10.2. The third kappa shape index (κ3) is 5.39. The van der Waals surface area contributed by atoms with Gasteiger partial charge in [0.05, 0.1) is 11.0 Å². The Morgan fingerprint density at radius 3 is 2.73 bits per heavy atom. The van der Waals surface area contributed by atoms with Crippen LogP contribution in [0.15, 0.2) is 48.5 Å². The van der Waals surface area contributed by atoms with Gasteiger partial charge in [0, 0.05) is 37.1 Å². The molecule has 1 aromatic heterocycles. The molecule has 1 N–H and O–H groups in total. The van der Waals surface area contributed by atoms with E-state index in [1.165, 1.54) is 0 Å². The smallest absolute Gasteiger partial charge is 0.251 e. The summed E-state index contributed by atoms with van der Waals surface area (Å²) < 4.78 is 1.95. The van der Waals surface area contributed by atoms with E-state index in [1.807, 2.05) is 35.9 Å². The lowest BCUT2D eigenvalue weighted by atomic mass is 10.2. The van der Waals surface area contributed by atoms with Crippen LogP contribution >= 0.6 is 11.6 Å². The average Bonchev–Trinajstić information content (AvgIpc) is 3.09. The molecule has 3 aromatic rings. The second-order valence-electron chi connectivity index (χ2n) is 7.29. The summed E-state index contributed by atoms with van der Waals surface area (Å²) in [6.45, 7) is 3.50. The van der Waals surface area contributed by atoms with Gasteiger partial charge in [0.15, 0.2) is 0 Å². The summed E-state index contributed by atoms with van der Waals surface area (Å²) in [4.78, 5) is 31.5. The van der Waals surface area contributed by atoms with Crippen molar-refractivity contribution in [1.82, 2.24) is 19.8 Å². The number of hydrogen-bond acceptors (Lipinski definition) is 3. The van der Waals surface area contributed by atoms with Gasteiger partial charge in [0.1, 0.15) is 12.4 Å². The molecule has 0 atom stereocenters. The zero-order valence-corrected chi connectivity index (χ0v) is 18.2. The first-order chi connectivity index (χ1) is 14.5. The number of nitrogens with zero attached hydrogens (tertiary/aromatic N) is 3. The number of carbonyl (C=O) groups is 2. The predicted octanol–water partition coefficient (Wildman–Crippen LogP) is 3.92. The number of rotatable bonds is 9. The highest BCUT2D eigenvalue weighted by Crippen LogP contribution is 2.17. The van der Waals surface area contributed by atoms with Crippen molar-refractivity contribution >= 4 is 34.4 Å². The van der Waals surface area contributed by atoms with Crippen molar-refractivity contribution in [3.8, 4) is 0 Å². The first kappa shape index (κ1) is 21.8. The molecule has 158 valence electrons. The summed E-state index contributed by atoms with van der Waals surface area (Å²) in [5.74, 6) is 0.645. The Bertz CT molecular complexity index is 1030. The lowest BCUT2D eigenvalue weighted by Gasteiger charge is -2.18. The third-order valence-electron chi connectivity index (χ3n) is 5.02. The van der Waals surface area contributed by atoms with Crippen LogP contribution in [-0.4, -0.2) is 46.4 Å². The number of benzene rings is 2. The molecule has 2 amide bonds. The van der Waals surface area contributed by atoms with Crippen LogP contribution in [0, 0.1) is 0 Å². The first-order valence-corrected chi connectivity index (χ1v) is 10.6. The van der Waals surface area contributed by atoms with Crippen LogP contribution in [0.3, 0.4) is 0 Å². The number of imidazole rings is 1. The SMILES string of the molecule is CCCCN(C)C(=O)Cn1c(CCNC(=O)c2cccc(Cl)c2)nc2ccccc21. The monoisotopic (exact) mass is 426 g/mol. The lowest BCUT2D eigenvalue weighted by molar-refractivity contribution is -0.130. The van der Waals surface area contributed by atoms with Crippen molar-refractivity contribution in [2.45, 2.75) is 32.7 Å². The molecule has 1 heterocycles. The summed E-state index contributed by atoms with van der Waals surface area (Å²) in [6, 6.07) is 14.6. The minimum atomic E-state index is -0.185. The van der Waals surface area contributed by atoms with Crippen molar-refractivity contribution in [2.24, 2.45) is 0 Å². The number of fused-ring (bicyclic) bond motifs is 1. The van der Waals surface area contributed by atoms with Gasteiger partial charge in [-0.3, -0.25) is 9.59 Å². The second kappa shape index (κ2) is 10.3. The van der Waals surface area contributed by atoms with E-state index in [1.54, 1.807) is 29.2 Å². The summed E-state index contributed by atoms with van der Waals surface area (Å²) in [5, 5.41) is 3.43. The van der Waals surface area contributed by atoms with Gasteiger partial charge in [-0.25, -0.2) is 4.98 Å². The van der Waals surface area contributed by atoms with Gasteiger partial charge in [0.25, 0.3) is 5.91 Å². The molecule has 0 spiro atoms. The van der Waals surface area contributed by atoms with Gasteiger partial charge in [-0.1, -0.05) is 43.1 Å². The molecule has 0 aliphatic heterocycles. The fraction of sp³-hybridized carbons (Fsp3) is 0.348. The quantitative estimate of drug-likeness (QED) is 0.563. The number of nitrogens with one attached hydrogen (secondary N) is 1. The summed E-state index contributed by atoms with van der Waals surface area (Å²) in [7, 11) is 1.84. The zero-order chi connectivity index (χ0) is 21.5. The highest BCUT2D eigenvalue weighted by Gasteiger charge is 2.16. The maximum Gasteiger partial charge on any atom is 0.251 e. The molecule has 6 nitrogen and oxygen atoms in total. The van der Waals surface area contributed by atoms with Crippen molar-refractivity contribution in [3.63, 3.8) is 0 Å². The van der Waals surface area contributed by atoms with E-state index in [2.05, 4.69) is 12.2 Å². The third-order valence-corrected chi connectivity index (χ3v) is 5.26. The Morgan fingerprint density at radius 2 is 1.97 bits per heavy atom. The van der Waals surface area contributed by atoms with E-state index in [-0.39, 0.29) is 18.4 Å². The van der Waals surface area contributed by atoms with E-state index >= 15 is 0 Å². The number of hydrogen-bond donors (Lipinski definition) is 1. The molecule has 0 bridgehead atoms. The minimum Gasteiger partial charge on any atom is -0.352 e. The van der Waals surface area contributed by atoms with Gasteiger partial charge < -0.3 is 14.8 Å². The Hall–Kier alpha value is -2.86. The van der Waals surface area contributed by atoms with Crippen LogP contribution in [0.25, 0.3) is 11.0 Å². The molecule has 0 saturated carbocycles. The number of unbranched alkanes of at least 4 members (excludes halogenated alkanes) is 1. The van der Waals surface area contributed by atoms with E-state index < -0.39 is 0 Å². The Labute approximate surface area is 181 Å². The van der Waals surface area contributed by atoms with Crippen molar-refractivity contribution < 1.29 is 9.59 Å². The largest absolute Gasteiger partial charge is 0.352 e. The molecule has 0 aliphatic carbocycles. The van der Waals surface area contributed by atoms with Crippen LogP contribution in [0.5, 0.6) is 0 Å². The maximum absolute atomic E-state index is 12.7. The highest BCUT2D eigenvalue weighted by atomic mass is 35.5. The molecule has 7 heteroatoms. The lowest BCUT2D eigenvalue weighted by Crippen LogP contribution is -2.32. The number of halogens is 1. The fourth-order valence-corrected chi connectivity index (χ4v) is 3.48. The number of para-hydroxylation sites is 2. The molecule has 0 fully saturated rings. The van der Waals surface area contributed by atoms with Crippen molar-refractivity contribution in [3.05, 3.63) is 64.9 Å². The normalized spacial score (nSPS) is 10.9. The van der Waals surface area contributed by atoms with E-state index in [9.17, 15) is 9.59 Å². The molecule has 3 rings (SSSR count). The Balaban J connectivity index is 1.71. The van der Waals surface area contributed by atoms with Crippen molar-refractivity contribution in [1.29, 1.82) is 0 Å². The standard InChI is InChI=1S/C23H27ClN4O2/c1-3-4-14-27(2)22(29)16-28-20-11-6-5-10-19(20)26-21(28)12-13-25-23(30)17-8-7-9-18(24)15-17/h5-11,15H,3-4,12-14,16H2,1-2H3,(H,25,30). The van der Waals surface area contributed by atoms with Crippen LogP contribution < -0.4 is 5.32 Å².